The van der Waals surface area contributed by atoms with Crippen LogP contribution >= 0.6 is 0 Å². The molecule has 0 aliphatic rings. The molecule has 0 aliphatic heterocycles. The van der Waals surface area contributed by atoms with Gasteiger partial charge in [-0.3, -0.25) is 0 Å². The highest BCUT2D eigenvalue weighted by molar-refractivity contribution is 6.03. The van der Waals surface area contributed by atoms with Crippen LogP contribution in [0, 0.1) is 0 Å². The number of rotatable bonds is 6. The van der Waals surface area contributed by atoms with Crippen LogP contribution in [0.3, 0.4) is 0 Å². The molecule has 0 aromatic heterocycles. The molecule has 1 aromatic rings. The molecule has 0 fully saturated rings. The SMILES string of the molecule is COC(c1ccccc1)C(OC)(C(=O)O)C(=O)O. The molecule has 6 heteroatoms. The molecule has 1 atom stereocenters. The Bertz CT molecular complexity index is 413. The maximum atomic E-state index is 11.3. The van der Waals surface area contributed by atoms with Gasteiger partial charge in [-0.15, -0.1) is 0 Å². The van der Waals surface area contributed by atoms with E-state index in [1.54, 1.807) is 30.3 Å². The smallest absolute Gasteiger partial charge is 0.351 e. The lowest BCUT2D eigenvalue weighted by Gasteiger charge is -2.31. The number of benzene rings is 1. The average Bonchev–Trinajstić information content (AvgIpc) is 2.35. The van der Waals surface area contributed by atoms with Crippen molar-refractivity contribution in [2.24, 2.45) is 0 Å². The van der Waals surface area contributed by atoms with Crippen LogP contribution < -0.4 is 0 Å². The summed E-state index contributed by atoms with van der Waals surface area (Å²) in [4.78, 5) is 22.6. The third kappa shape index (κ3) is 2.20. The van der Waals surface area contributed by atoms with Gasteiger partial charge in [-0.2, -0.15) is 0 Å². The summed E-state index contributed by atoms with van der Waals surface area (Å²) in [6.45, 7) is 0. The number of aliphatic carboxylic acids is 2. The molecule has 1 unspecified atom stereocenters. The highest BCUT2D eigenvalue weighted by Crippen LogP contribution is 2.32. The Balaban J connectivity index is 3.34. The average molecular weight is 254 g/mol. The molecule has 2 N–H and O–H groups in total. The summed E-state index contributed by atoms with van der Waals surface area (Å²) in [6, 6.07) is 8.20. The van der Waals surface area contributed by atoms with Crippen LogP contribution in [-0.2, 0) is 19.1 Å². The summed E-state index contributed by atoms with van der Waals surface area (Å²) >= 11 is 0. The van der Waals surface area contributed by atoms with Crippen LogP contribution in [0.25, 0.3) is 0 Å². The third-order valence-electron chi connectivity index (χ3n) is 2.66. The lowest BCUT2D eigenvalue weighted by atomic mass is 9.90. The summed E-state index contributed by atoms with van der Waals surface area (Å²) in [7, 11) is 2.26. The first-order valence-corrected chi connectivity index (χ1v) is 5.10. The van der Waals surface area contributed by atoms with Crippen molar-refractivity contribution in [1.82, 2.24) is 0 Å². The molecule has 1 rings (SSSR count). The molecule has 0 amide bonds. The number of carboxylic acid groups (broad SMARTS) is 2. The van der Waals surface area contributed by atoms with E-state index in [9.17, 15) is 19.8 Å². The van der Waals surface area contributed by atoms with Gasteiger partial charge in [0.05, 0.1) is 0 Å². The number of hydrogen-bond donors (Lipinski definition) is 2. The van der Waals surface area contributed by atoms with Gasteiger partial charge in [-0.1, -0.05) is 30.3 Å². The fourth-order valence-electron chi connectivity index (χ4n) is 1.76. The second-order valence-corrected chi connectivity index (χ2v) is 3.58. The molecule has 0 saturated heterocycles. The fraction of sp³-hybridized carbons (Fsp3) is 0.333. The quantitative estimate of drug-likeness (QED) is 0.733. The minimum atomic E-state index is -2.48. The van der Waals surface area contributed by atoms with Crippen LogP contribution in [0.2, 0.25) is 0 Å². The molecule has 0 spiro atoms. The first-order valence-electron chi connectivity index (χ1n) is 5.10. The lowest BCUT2D eigenvalue weighted by Crippen LogP contribution is -2.53. The monoisotopic (exact) mass is 254 g/mol. The molecular weight excluding hydrogens is 240 g/mol. The van der Waals surface area contributed by atoms with Crippen LogP contribution in [0.5, 0.6) is 0 Å². The maximum Gasteiger partial charge on any atom is 0.351 e. The van der Waals surface area contributed by atoms with Crippen molar-refractivity contribution in [2.45, 2.75) is 11.7 Å². The minimum absolute atomic E-state index is 0.409. The van der Waals surface area contributed by atoms with Gasteiger partial charge in [0.2, 0.25) is 0 Å². The van der Waals surface area contributed by atoms with Crippen molar-refractivity contribution in [3.05, 3.63) is 35.9 Å². The third-order valence-corrected chi connectivity index (χ3v) is 2.66. The van der Waals surface area contributed by atoms with E-state index < -0.39 is 23.6 Å². The second-order valence-electron chi connectivity index (χ2n) is 3.58. The molecule has 0 heterocycles. The molecule has 0 saturated carbocycles. The van der Waals surface area contributed by atoms with E-state index in [1.807, 2.05) is 0 Å². The Labute approximate surface area is 104 Å². The van der Waals surface area contributed by atoms with Gasteiger partial charge in [0, 0.05) is 14.2 Å². The summed E-state index contributed by atoms with van der Waals surface area (Å²) in [5.41, 5.74) is -2.07. The first kappa shape index (κ1) is 14.1. The van der Waals surface area contributed by atoms with E-state index in [0.29, 0.717) is 5.56 Å². The maximum absolute atomic E-state index is 11.3. The molecule has 0 bridgehead atoms. The highest BCUT2D eigenvalue weighted by Gasteiger charge is 2.55. The molecule has 1 aromatic carbocycles. The normalized spacial score (nSPS) is 13.0. The van der Waals surface area contributed by atoms with E-state index in [2.05, 4.69) is 0 Å². The van der Waals surface area contributed by atoms with E-state index in [1.165, 1.54) is 7.11 Å². The molecule has 0 aliphatic carbocycles. The van der Waals surface area contributed by atoms with Crippen LogP contribution in [-0.4, -0.2) is 42.0 Å². The van der Waals surface area contributed by atoms with E-state index in [0.717, 1.165) is 7.11 Å². The summed E-state index contributed by atoms with van der Waals surface area (Å²) in [5.74, 6) is -3.23. The zero-order valence-corrected chi connectivity index (χ0v) is 9.99. The minimum Gasteiger partial charge on any atom is -0.479 e. The van der Waals surface area contributed by atoms with Gasteiger partial charge in [0.1, 0.15) is 6.10 Å². The number of hydrogen-bond acceptors (Lipinski definition) is 4. The zero-order chi connectivity index (χ0) is 13.8. The van der Waals surface area contributed by atoms with Crippen LogP contribution in [0.15, 0.2) is 30.3 Å². The number of ether oxygens (including phenoxy) is 2. The Morgan fingerprint density at radius 2 is 1.61 bits per heavy atom. The van der Waals surface area contributed by atoms with Crippen molar-refractivity contribution in [3.63, 3.8) is 0 Å². The van der Waals surface area contributed by atoms with E-state index in [-0.39, 0.29) is 0 Å². The highest BCUT2D eigenvalue weighted by atomic mass is 16.6. The Kier molecular flexibility index (Phi) is 4.41. The van der Waals surface area contributed by atoms with Gasteiger partial charge in [0.25, 0.3) is 5.60 Å². The predicted octanol–water partition coefficient (Wildman–Crippen LogP) is 0.929. The zero-order valence-electron chi connectivity index (χ0n) is 9.99. The van der Waals surface area contributed by atoms with Crippen molar-refractivity contribution >= 4 is 11.9 Å². The molecular formula is C12H14O6. The lowest BCUT2D eigenvalue weighted by molar-refractivity contribution is -0.197. The number of methoxy groups -OCH3 is 2. The van der Waals surface area contributed by atoms with Crippen molar-refractivity contribution in [1.29, 1.82) is 0 Å². The largest absolute Gasteiger partial charge is 0.479 e. The van der Waals surface area contributed by atoms with Gasteiger partial charge in [-0.25, -0.2) is 9.59 Å². The molecule has 98 valence electrons. The standard InChI is InChI=1S/C12H14O6/c1-17-9(8-6-4-3-5-7-8)12(18-2,10(13)14)11(15)16/h3-7,9H,1-2H3,(H,13,14)(H,15,16). The first-order chi connectivity index (χ1) is 8.50. The van der Waals surface area contributed by atoms with Crippen molar-refractivity contribution < 1.29 is 29.3 Å². The Morgan fingerprint density at radius 3 is 1.94 bits per heavy atom. The topological polar surface area (TPSA) is 93.1 Å². The number of carboxylic acids is 2. The van der Waals surface area contributed by atoms with Gasteiger partial charge < -0.3 is 19.7 Å². The van der Waals surface area contributed by atoms with Crippen molar-refractivity contribution in [2.75, 3.05) is 14.2 Å². The summed E-state index contributed by atoms with van der Waals surface area (Å²) in [5, 5.41) is 18.3. The van der Waals surface area contributed by atoms with Crippen molar-refractivity contribution in [3.8, 4) is 0 Å². The van der Waals surface area contributed by atoms with Crippen LogP contribution in [0.4, 0.5) is 0 Å². The van der Waals surface area contributed by atoms with E-state index >= 15 is 0 Å². The Hall–Kier alpha value is -1.92. The summed E-state index contributed by atoms with van der Waals surface area (Å²) < 4.78 is 9.77. The molecule has 0 radical (unpaired) electrons. The van der Waals surface area contributed by atoms with Crippen LogP contribution in [0.1, 0.15) is 11.7 Å². The van der Waals surface area contributed by atoms with Gasteiger partial charge in [-0.05, 0) is 5.56 Å². The Morgan fingerprint density at radius 1 is 1.11 bits per heavy atom. The van der Waals surface area contributed by atoms with E-state index in [4.69, 9.17) is 9.47 Å². The number of carbonyl (C=O) groups is 2. The predicted molar refractivity (Wildman–Crippen MR) is 61.2 cm³/mol. The summed E-state index contributed by atoms with van der Waals surface area (Å²) in [6.07, 6.45) is -1.25. The van der Waals surface area contributed by atoms with Gasteiger partial charge >= 0.3 is 11.9 Å². The fourth-order valence-corrected chi connectivity index (χ4v) is 1.76. The second kappa shape index (κ2) is 5.61. The van der Waals surface area contributed by atoms with Gasteiger partial charge in [0.15, 0.2) is 0 Å². The molecule has 18 heavy (non-hydrogen) atoms. The molecule has 6 nitrogen and oxygen atoms in total.